The molecule has 0 radical (unpaired) electrons. The molecule has 0 saturated carbocycles. The van der Waals surface area contributed by atoms with Gasteiger partial charge >= 0.3 is 0 Å². The minimum absolute atomic E-state index is 0.414. The van der Waals surface area contributed by atoms with Gasteiger partial charge in [-0.15, -0.1) is 11.3 Å². The van der Waals surface area contributed by atoms with Crippen molar-refractivity contribution in [3.8, 4) is 0 Å². The van der Waals surface area contributed by atoms with Gasteiger partial charge in [0.2, 0.25) is 0 Å². The Morgan fingerprint density at radius 3 is 2.72 bits per heavy atom. The summed E-state index contributed by atoms with van der Waals surface area (Å²) in [6.07, 6.45) is 3.50. The predicted octanol–water partition coefficient (Wildman–Crippen LogP) is 3.78. The van der Waals surface area contributed by atoms with Crippen molar-refractivity contribution in [1.82, 2.24) is 5.32 Å². The van der Waals surface area contributed by atoms with Crippen LogP contribution in [0.1, 0.15) is 49.4 Å². The highest BCUT2D eigenvalue weighted by Gasteiger charge is 2.27. The van der Waals surface area contributed by atoms with E-state index in [0.717, 1.165) is 26.2 Å². The second-order valence-corrected chi connectivity index (χ2v) is 6.88. The second kappa shape index (κ2) is 6.18. The maximum Gasteiger partial charge on any atom is 0.0471 e. The highest BCUT2D eigenvalue weighted by atomic mass is 32.1. The summed E-state index contributed by atoms with van der Waals surface area (Å²) in [6, 6.07) is 5.00. The van der Waals surface area contributed by atoms with Crippen LogP contribution in [0.15, 0.2) is 12.1 Å². The molecule has 1 unspecified atom stereocenters. The molecular formula is C15H25NOS. The Kier molecular flexibility index (Phi) is 4.82. The van der Waals surface area contributed by atoms with E-state index in [0.29, 0.717) is 11.5 Å². The second-order valence-electron chi connectivity index (χ2n) is 5.68. The maximum absolute atomic E-state index is 5.45. The van der Waals surface area contributed by atoms with E-state index in [2.05, 4.69) is 38.2 Å². The van der Waals surface area contributed by atoms with Crippen LogP contribution in [0.3, 0.4) is 0 Å². The Balaban J connectivity index is 1.85. The van der Waals surface area contributed by atoms with Crippen molar-refractivity contribution in [2.24, 2.45) is 5.41 Å². The average Bonchev–Trinajstić information content (AvgIpc) is 2.86. The predicted molar refractivity (Wildman–Crippen MR) is 78.3 cm³/mol. The summed E-state index contributed by atoms with van der Waals surface area (Å²) < 4.78 is 5.45. The molecule has 0 amide bonds. The van der Waals surface area contributed by atoms with Crippen molar-refractivity contribution in [1.29, 1.82) is 0 Å². The van der Waals surface area contributed by atoms with Crippen LogP contribution in [0.25, 0.3) is 0 Å². The number of aryl methyl sites for hydroxylation is 1. The number of thiophene rings is 1. The molecule has 1 aromatic rings. The maximum atomic E-state index is 5.45. The molecule has 2 heterocycles. The van der Waals surface area contributed by atoms with Crippen molar-refractivity contribution in [3.05, 3.63) is 21.9 Å². The molecule has 1 aliphatic rings. The molecule has 0 spiro atoms. The molecule has 3 heteroatoms. The SMILES string of the molecule is CCc1ccc(C(C)NCC2(C)CCOCC2)s1. The molecule has 102 valence electrons. The van der Waals surface area contributed by atoms with Crippen molar-refractivity contribution >= 4 is 11.3 Å². The number of rotatable bonds is 5. The largest absolute Gasteiger partial charge is 0.381 e. The van der Waals surface area contributed by atoms with E-state index in [1.54, 1.807) is 0 Å². The number of nitrogens with one attached hydrogen (secondary N) is 1. The Bertz CT molecular complexity index is 368. The lowest BCUT2D eigenvalue weighted by atomic mass is 9.82. The van der Waals surface area contributed by atoms with E-state index in [1.807, 2.05) is 11.3 Å². The van der Waals surface area contributed by atoms with Gasteiger partial charge in [0.25, 0.3) is 0 Å². The summed E-state index contributed by atoms with van der Waals surface area (Å²) >= 11 is 1.94. The Morgan fingerprint density at radius 1 is 1.39 bits per heavy atom. The van der Waals surface area contributed by atoms with E-state index in [1.165, 1.54) is 22.6 Å². The fourth-order valence-corrected chi connectivity index (χ4v) is 3.34. The molecule has 0 aliphatic carbocycles. The van der Waals surface area contributed by atoms with Crippen molar-refractivity contribution in [2.75, 3.05) is 19.8 Å². The van der Waals surface area contributed by atoms with Gasteiger partial charge in [0.15, 0.2) is 0 Å². The topological polar surface area (TPSA) is 21.3 Å². The lowest BCUT2D eigenvalue weighted by Gasteiger charge is -2.34. The van der Waals surface area contributed by atoms with Gasteiger partial charge in [0.1, 0.15) is 0 Å². The van der Waals surface area contributed by atoms with Crippen LogP contribution >= 0.6 is 11.3 Å². The Morgan fingerprint density at radius 2 is 2.11 bits per heavy atom. The van der Waals surface area contributed by atoms with Crippen LogP contribution in [-0.2, 0) is 11.2 Å². The molecule has 2 rings (SSSR count). The molecule has 2 nitrogen and oxygen atoms in total. The van der Waals surface area contributed by atoms with E-state index in [-0.39, 0.29) is 0 Å². The van der Waals surface area contributed by atoms with Crippen molar-refractivity contribution in [3.63, 3.8) is 0 Å². The third kappa shape index (κ3) is 3.56. The first kappa shape index (κ1) is 14.0. The lowest BCUT2D eigenvalue weighted by molar-refractivity contribution is 0.0231. The van der Waals surface area contributed by atoms with Gasteiger partial charge in [0.05, 0.1) is 0 Å². The van der Waals surface area contributed by atoms with E-state index >= 15 is 0 Å². The number of hydrogen-bond donors (Lipinski definition) is 1. The molecule has 1 aromatic heterocycles. The third-order valence-corrected chi connectivity index (χ3v) is 5.40. The van der Waals surface area contributed by atoms with Gasteiger partial charge in [-0.05, 0) is 43.7 Å². The summed E-state index contributed by atoms with van der Waals surface area (Å²) in [4.78, 5) is 2.94. The van der Waals surface area contributed by atoms with Gasteiger partial charge in [-0.25, -0.2) is 0 Å². The average molecular weight is 267 g/mol. The van der Waals surface area contributed by atoms with Crippen LogP contribution in [0, 0.1) is 5.41 Å². The van der Waals surface area contributed by atoms with Crippen molar-refractivity contribution in [2.45, 2.75) is 46.1 Å². The lowest BCUT2D eigenvalue weighted by Crippen LogP contribution is -2.37. The van der Waals surface area contributed by atoms with E-state index in [4.69, 9.17) is 4.74 Å². The molecule has 0 aromatic carbocycles. The number of hydrogen-bond acceptors (Lipinski definition) is 3. The number of ether oxygens (including phenoxy) is 1. The summed E-state index contributed by atoms with van der Waals surface area (Å²) in [5, 5.41) is 3.70. The summed E-state index contributed by atoms with van der Waals surface area (Å²) in [7, 11) is 0. The van der Waals surface area contributed by atoms with Gasteiger partial charge in [-0.1, -0.05) is 13.8 Å². The van der Waals surface area contributed by atoms with Gasteiger partial charge in [-0.2, -0.15) is 0 Å². The Labute approximate surface area is 115 Å². The minimum atomic E-state index is 0.414. The zero-order valence-electron chi connectivity index (χ0n) is 11.8. The molecule has 1 N–H and O–H groups in total. The van der Waals surface area contributed by atoms with Crippen molar-refractivity contribution < 1.29 is 4.74 Å². The fourth-order valence-electron chi connectivity index (χ4n) is 2.36. The van der Waals surface area contributed by atoms with E-state index in [9.17, 15) is 0 Å². The van der Waals surface area contributed by atoms with Crippen LogP contribution < -0.4 is 5.32 Å². The summed E-state index contributed by atoms with van der Waals surface area (Å²) in [5.41, 5.74) is 0.414. The molecule has 0 bridgehead atoms. The molecular weight excluding hydrogens is 242 g/mol. The Hall–Kier alpha value is -0.380. The smallest absolute Gasteiger partial charge is 0.0471 e. The normalized spacial score (nSPS) is 20.8. The quantitative estimate of drug-likeness (QED) is 0.876. The monoisotopic (exact) mass is 267 g/mol. The molecule has 1 atom stereocenters. The summed E-state index contributed by atoms with van der Waals surface area (Å²) in [6.45, 7) is 9.81. The zero-order valence-corrected chi connectivity index (χ0v) is 12.6. The first-order valence-electron chi connectivity index (χ1n) is 7.03. The van der Waals surface area contributed by atoms with Gasteiger partial charge in [-0.3, -0.25) is 0 Å². The summed E-state index contributed by atoms with van der Waals surface area (Å²) in [5.74, 6) is 0. The van der Waals surface area contributed by atoms with Crippen LogP contribution in [-0.4, -0.2) is 19.8 Å². The highest BCUT2D eigenvalue weighted by molar-refractivity contribution is 7.12. The van der Waals surface area contributed by atoms with Gasteiger partial charge < -0.3 is 10.1 Å². The zero-order chi connectivity index (χ0) is 13.0. The highest BCUT2D eigenvalue weighted by Crippen LogP contribution is 2.30. The van der Waals surface area contributed by atoms with E-state index < -0.39 is 0 Å². The van der Waals surface area contributed by atoms with Crippen LogP contribution in [0.5, 0.6) is 0 Å². The molecule has 1 aliphatic heterocycles. The minimum Gasteiger partial charge on any atom is -0.381 e. The molecule has 1 saturated heterocycles. The first-order valence-corrected chi connectivity index (χ1v) is 7.84. The first-order chi connectivity index (χ1) is 8.63. The molecule has 18 heavy (non-hydrogen) atoms. The fraction of sp³-hybridized carbons (Fsp3) is 0.733. The van der Waals surface area contributed by atoms with Crippen LogP contribution in [0.2, 0.25) is 0 Å². The third-order valence-electron chi connectivity index (χ3n) is 3.99. The van der Waals surface area contributed by atoms with Gasteiger partial charge in [0, 0.05) is 35.6 Å². The molecule has 1 fully saturated rings. The standard InChI is InChI=1S/C15H25NOS/c1-4-13-5-6-14(18-13)12(2)16-11-15(3)7-9-17-10-8-15/h5-6,12,16H,4,7-11H2,1-3H3. The van der Waals surface area contributed by atoms with Crippen LogP contribution in [0.4, 0.5) is 0 Å².